The Balaban J connectivity index is 0.00000164. The first kappa shape index (κ1) is 28.1. The summed E-state index contributed by atoms with van der Waals surface area (Å²) in [6.45, 7) is 0.213. The van der Waals surface area contributed by atoms with Crippen LogP contribution in [0.25, 0.3) is 11.1 Å². The molecule has 1 aliphatic carbocycles. The van der Waals surface area contributed by atoms with Crippen molar-refractivity contribution in [2.75, 3.05) is 12.4 Å². The number of hydrogen-bond acceptors (Lipinski definition) is 4. The highest BCUT2D eigenvalue weighted by atomic mass is 35.5. The Hall–Kier alpha value is -2.87. The molecule has 3 aromatic rings. The molecule has 0 bridgehead atoms. The summed E-state index contributed by atoms with van der Waals surface area (Å²) in [4.78, 5) is 27.6. The van der Waals surface area contributed by atoms with E-state index in [2.05, 4.69) is 11.1 Å². The van der Waals surface area contributed by atoms with Crippen LogP contribution in [-0.2, 0) is 16.1 Å². The molecular weight excluding hydrogens is 521 g/mol. The Morgan fingerprint density at radius 3 is 2.42 bits per heavy atom. The van der Waals surface area contributed by atoms with Crippen LogP contribution >= 0.6 is 23.4 Å². The number of carbonyl (C=O) groups excluding carboxylic acids is 2. The molecule has 3 aromatic carbocycles. The molecular formula is C30H33ClFN3O2S. The van der Waals surface area contributed by atoms with E-state index in [-0.39, 0.29) is 24.3 Å². The number of amides is 2. The van der Waals surface area contributed by atoms with E-state index in [4.69, 9.17) is 11.6 Å². The average molecular weight is 554 g/mol. The monoisotopic (exact) mass is 553 g/mol. The largest absolute Gasteiger partial charge is 0.334 e. The van der Waals surface area contributed by atoms with Crippen molar-refractivity contribution in [1.82, 2.24) is 4.90 Å². The zero-order valence-electron chi connectivity index (χ0n) is 21.4. The minimum atomic E-state index is -0.421. The molecule has 1 fully saturated rings. The molecule has 2 atom stereocenters. The summed E-state index contributed by atoms with van der Waals surface area (Å²) in [5.74, 6) is -0.339. The molecule has 0 radical (unpaired) electrons. The molecule has 0 saturated heterocycles. The van der Waals surface area contributed by atoms with Crippen molar-refractivity contribution in [1.29, 1.82) is 0 Å². The number of hydrogen-bond donors (Lipinski definition) is 2. The van der Waals surface area contributed by atoms with Crippen LogP contribution in [-0.4, -0.2) is 35.6 Å². The van der Waals surface area contributed by atoms with Crippen LogP contribution in [0.4, 0.5) is 10.1 Å². The van der Waals surface area contributed by atoms with Crippen molar-refractivity contribution in [2.24, 2.45) is 5.73 Å². The predicted molar refractivity (Wildman–Crippen MR) is 154 cm³/mol. The van der Waals surface area contributed by atoms with Gasteiger partial charge < -0.3 is 16.0 Å². The van der Waals surface area contributed by atoms with Crippen molar-refractivity contribution in [3.05, 3.63) is 83.7 Å². The molecule has 5 nitrogen and oxygen atoms in total. The van der Waals surface area contributed by atoms with E-state index in [9.17, 15) is 9.59 Å². The standard InChI is InChI=1S/C29H28ClFN2O2S.CH5N/c30-27-24-8-4-5-9-26(24)36-28(27)29(35)33(23-6-2-1-3-7-23)17-21-16-20(12-15-25(21)31)19-10-13-22(14-11-19)32-18-34;1-2/h4-5,8-16,18,23,27-28H,1-3,6-7,17H2,(H,32,34);2H2,1H3. The third-order valence-electron chi connectivity index (χ3n) is 7.11. The second-order valence-electron chi connectivity index (χ2n) is 9.38. The summed E-state index contributed by atoms with van der Waals surface area (Å²) in [6, 6.07) is 20.4. The second kappa shape index (κ2) is 13.3. The fraction of sp³-hybridized carbons (Fsp3) is 0.333. The highest BCUT2D eigenvalue weighted by molar-refractivity contribution is 8.01. The minimum Gasteiger partial charge on any atom is -0.334 e. The maximum Gasteiger partial charge on any atom is 0.238 e. The first-order valence-electron chi connectivity index (χ1n) is 12.9. The lowest BCUT2D eigenvalue weighted by atomic mass is 9.93. The Morgan fingerprint density at radius 1 is 1.05 bits per heavy atom. The van der Waals surface area contributed by atoms with Crippen molar-refractivity contribution < 1.29 is 14.0 Å². The van der Waals surface area contributed by atoms with E-state index < -0.39 is 10.6 Å². The smallest absolute Gasteiger partial charge is 0.238 e. The Kier molecular flexibility index (Phi) is 9.83. The molecule has 38 heavy (non-hydrogen) atoms. The lowest BCUT2D eigenvalue weighted by Crippen LogP contribution is -2.45. The molecule has 1 saturated carbocycles. The van der Waals surface area contributed by atoms with E-state index in [1.165, 1.54) is 31.3 Å². The third kappa shape index (κ3) is 6.22. The predicted octanol–water partition coefficient (Wildman–Crippen LogP) is 6.75. The topological polar surface area (TPSA) is 75.4 Å². The number of carbonyl (C=O) groups is 2. The maximum atomic E-state index is 15.1. The molecule has 2 amide bonds. The highest BCUT2D eigenvalue weighted by Crippen LogP contribution is 2.48. The average Bonchev–Trinajstić information content (AvgIpc) is 3.31. The number of nitrogens with two attached hydrogens (primary N) is 1. The van der Waals surface area contributed by atoms with E-state index in [1.807, 2.05) is 47.4 Å². The molecule has 0 aromatic heterocycles. The van der Waals surface area contributed by atoms with Crippen LogP contribution in [0.5, 0.6) is 0 Å². The second-order valence-corrected chi connectivity index (χ2v) is 11.0. The van der Waals surface area contributed by atoms with Crippen LogP contribution in [0.2, 0.25) is 0 Å². The minimum absolute atomic E-state index is 0.0165. The number of fused-ring (bicyclic) bond motifs is 1. The summed E-state index contributed by atoms with van der Waals surface area (Å²) in [6.07, 6.45) is 5.79. The third-order valence-corrected chi connectivity index (χ3v) is 9.10. The van der Waals surface area contributed by atoms with Gasteiger partial charge in [-0.25, -0.2) is 4.39 Å². The van der Waals surface area contributed by atoms with Gasteiger partial charge in [-0.05, 0) is 66.9 Å². The summed E-state index contributed by atoms with van der Waals surface area (Å²) in [5, 5.41) is 1.80. The molecule has 200 valence electrons. The fourth-order valence-corrected chi connectivity index (χ4v) is 6.96. The summed E-state index contributed by atoms with van der Waals surface area (Å²) in [5.41, 5.74) is 8.44. The van der Waals surface area contributed by atoms with E-state index in [1.54, 1.807) is 18.2 Å². The summed E-state index contributed by atoms with van der Waals surface area (Å²) in [7, 11) is 1.50. The number of benzene rings is 3. The fourth-order valence-electron chi connectivity index (χ4n) is 5.18. The number of nitrogens with zero attached hydrogens (tertiary/aromatic N) is 1. The molecule has 2 aliphatic rings. The number of thioether (sulfide) groups is 1. The molecule has 1 heterocycles. The van der Waals surface area contributed by atoms with Crippen LogP contribution in [0.1, 0.15) is 48.6 Å². The first-order chi connectivity index (χ1) is 18.5. The highest BCUT2D eigenvalue weighted by Gasteiger charge is 2.41. The summed E-state index contributed by atoms with van der Waals surface area (Å²) >= 11 is 8.31. The van der Waals surface area contributed by atoms with Gasteiger partial charge in [0.05, 0.1) is 5.38 Å². The van der Waals surface area contributed by atoms with Gasteiger partial charge in [0.25, 0.3) is 0 Å². The van der Waals surface area contributed by atoms with E-state index in [0.29, 0.717) is 17.7 Å². The van der Waals surface area contributed by atoms with Crippen LogP contribution in [0, 0.1) is 5.82 Å². The van der Waals surface area contributed by atoms with Crippen molar-refractivity contribution in [2.45, 2.75) is 60.2 Å². The molecule has 3 N–H and O–H groups in total. The first-order valence-corrected chi connectivity index (χ1v) is 14.2. The quantitative estimate of drug-likeness (QED) is 0.250. The van der Waals surface area contributed by atoms with Gasteiger partial charge in [-0.1, -0.05) is 55.7 Å². The number of halogens is 2. The lowest BCUT2D eigenvalue weighted by molar-refractivity contribution is -0.134. The van der Waals surface area contributed by atoms with Gasteiger partial charge in [0.15, 0.2) is 0 Å². The molecule has 2 unspecified atom stereocenters. The van der Waals surface area contributed by atoms with Gasteiger partial charge in [-0.3, -0.25) is 9.59 Å². The number of alkyl halides is 1. The van der Waals surface area contributed by atoms with Gasteiger partial charge in [0.1, 0.15) is 11.1 Å². The molecule has 5 rings (SSSR count). The maximum absolute atomic E-state index is 15.1. The van der Waals surface area contributed by atoms with Gasteiger partial charge in [0.2, 0.25) is 12.3 Å². The van der Waals surface area contributed by atoms with E-state index >= 15 is 4.39 Å². The van der Waals surface area contributed by atoms with Gasteiger partial charge >= 0.3 is 0 Å². The molecule has 0 spiro atoms. The van der Waals surface area contributed by atoms with Crippen LogP contribution in [0.3, 0.4) is 0 Å². The number of anilines is 1. The van der Waals surface area contributed by atoms with Gasteiger partial charge in [-0.2, -0.15) is 0 Å². The SMILES string of the molecule is CN.O=CNc1ccc(-c2ccc(F)c(CN(C(=O)C3Sc4ccccc4C3Cl)C3CCCCC3)c2)cc1. The summed E-state index contributed by atoms with van der Waals surface area (Å²) < 4.78 is 15.1. The van der Waals surface area contributed by atoms with Crippen LogP contribution < -0.4 is 11.1 Å². The normalized spacial score (nSPS) is 18.6. The van der Waals surface area contributed by atoms with Crippen LogP contribution in [0.15, 0.2) is 71.6 Å². The number of nitrogens with one attached hydrogen (secondary N) is 1. The van der Waals surface area contributed by atoms with Crippen molar-refractivity contribution >= 4 is 41.4 Å². The Morgan fingerprint density at radius 2 is 1.74 bits per heavy atom. The lowest BCUT2D eigenvalue weighted by Gasteiger charge is -2.36. The Bertz CT molecular complexity index is 1250. The molecule has 1 aliphatic heterocycles. The van der Waals surface area contributed by atoms with Gasteiger partial charge in [-0.15, -0.1) is 23.4 Å². The number of rotatable bonds is 7. The van der Waals surface area contributed by atoms with Crippen molar-refractivity contribution in [3.8, 4) is 11.1 Å². The van der Waals surface area contributed by atoms with E-state index in [0.717, 1.165) is 47.3 Å². The Labute approximate surface area is 232 Å². The zero-order valence-corrected chi connectivity index (χ0v) is 23.0. The molecule has 8 heteroatoms. The zero-order chi connectivity index (χ0) is 27.1. The van der Waals surface area contributed by atoms with Crippen molar-refractivity contribution in [3.63, 3.8) is 0 Å². The van der Waals surface area contributed by atoms with Gasteiger partial charge in [0, 0.05) is 28.7 Å².